The molecular weight excluding hydrogens is 285 g/mol. The van der Waals surface area contributed by atoms with Crippen LogP contribution in [0.5, 0.6) is 0 Å². The largest absolute Gasteiger partial charge is 0.328 e. The van der Waals surface area contributed by atoms with E-state index in [0.29, 0.717) is 5.92 Å². The summed E-state index contributed by atoms with van der Waals surface area (Å²) in [6.07, 6.45) is 1.17. The van der Waals surface area contributed by atoms with Gasteiger partial charge in [-0.15, -0.1) is 11.3 Å². The van der Waals surface area contributed by atoms with E-state index in [4.69, 9.17) is 5.73 Å². The van der Waals surface area contributed by atoms with Crippen molar-refractivity contribution >= 4 is 11.3 Å². The molecule has 2 unspecified atom stereocenters. The normalized spacial score (nSPS) is 20.8. The maximum absolute atomic E-state index is 12.9. The van der Waals surface area contributed by atoms with Crippen molar-refractivity contribution in [2.75, 3.05) is 13.1 Å². The Balaban J connectivity index is 1.64. The first kappa shape index (κ1) is 14.6. The van der Waals surface area contributed by atoms with Crippen LogP contribution in [-0.2, 0) is 6.54 Å². The zero-order valence-corrected chi connectivity index (χ0v) is 12.9. The molecule has 1 aromatic carbocycles. The van der Waals surface area contributed by atoms with E-state index in [2.05, 4.69) is 22.2 Å². The van der Waals surface area contributed by atoms with Crippen molar-refractivity contribution in [1.29, 1.82) is 0 Å². The molecule has 2 heterocycles. The van der Waals surface area contributed by atoms with Gasteiger partial charge in [-0.1, -0.05) is 0 Å². The monoisotopic (exact) mass is 305 g/mol. The van der Waals surface area contributed by atoms with Crippen LogP contribution in [0.2, 0.25) is 0 Å². The third-order valence-electron chi connectivity index (χ3n) is 4.08. The van der Waals surface area contributed by atoms with Gasteiger partial charge in [0.1, 0.15) is 10.8 Å². The summed E-state index contributed by atoms with van der Waals surface area (Å²) in [7, 11) is 0. The SMILES string of the molecule is CC(N)C1CCN(Cc2csc(-c3ccc(F)cc3)n2)C1. The predicted octanol–water partition coefficient (Wildman–Crippen LogP) is 3.12. The average molecular weight is 305 g/mol. The highest BCUT2D eigenvalue weighted by molar-refractivity contribution is 7.13. The smallest absolute Gasteiger partial charge is 0.123 e. The average Bonchev–Trinajstić information content (AvgIpc) is 3.10. The number of hydrogen-bond acceptors (Lipinski definition) is 4. The lowest BCUT2D eigenvalue weighted by Crippen LogP contribution is -2.29. The Kier molecular flexibility index (Phi) is 4.33. The Morgan fingerprint density at radius 3 is 2.86 bits per heavy atom. The number of hydrogen-bond donors (Lipinski definition) is 1. The van der Waals surface area contributed by atoms with Crippen molar-refractivity contribution in [3.63, 3.8) is 0 Å². The molecule has 3 rings (SSSR count). The van der Waals surface area contributed by atoms with Gasteiger partial charge >= 0.3 is 0 Å². The third kappa shape index (κ3) is 3.48. The molecule has 0 amide bonds. The fourth-order valence-electron chi connectivity index (χ4n) is 2.77. The Labute approximate surface area is 128 Å². The quantitative estimate of drug-likeness (QED) is 0.943. The van der Waals surface area contributed by atoms with Crippen LogP contribution >= 0.6 is 11.3 Å². The van der Waals surface area contributed by atoms with Gasteiger partial charge in [0, 0.05) is 30.1 Å². The Morgan fingerprint density at radius 1 is 1.43 bits per heavy atom. The van der Waals surface area contributed by atoms with Gasteiger partial charge in [0.05, 0.1) is 5.69 Å². The maximum atomic E-state index is 12.9. The molecule has 0 saturated carbocycles. The number of rotatable bonds is 4. The maximum Gasteiger partial charge on any atom is 0.123 e. The molecule has 5 heteroatoms. The summed E-state index contributed by atoms with van der Waals surface area (Å²) in [5.41, 5.74) is 8.04. The van der Waals surface area contributed by atoms with Crippen LogP contribution in [0.25, 0.3) is 10.6 Å². The fourth-order valence-corrected chi connectivity index (χ4v) is 3.59. The highest BCUT2D eigenvalue weighted by atomic mass is 32.1. The van der Waals surface area contributed by atoms with E-state index in [0.717, 1.165) is 35.9 Å². The van der Waals surface area contributed by atoms with Crippen LogP contribution in [-0.4, -0.2) is 29.0 Å². The van der Waals surface area contributed by atoms with Crippen molar-refractivity contribution < 1.29 is 4.39 Å². The van der Waals surface area contributed by atoms with Gasteiger partial charge < -0.3 is 5.73 Å². The molecule has 2 aromatic rings. The van der Waals surface area contributed by atoms with E-state index in [-0.39, 0.29) is 11.9 Å². The van der Waals surface area contributed by atoms with E-state index in [9.17, 15) is 4.39 Å². The molecule has 1 fully saturated rings. The standard InChI is InChI=1S/C16H20FN3S/c1-11(18)13-6-7-20(8-13)9-15-10-21-16(19-15)12-2-4-14(17)5-3-12/h2-5,10-11,13H,6-9,18H2,1H3. The fraction of sp³-hybridized carbons (Fsp3) is 0.438. The summed E-state index contributed by atoms with van der Waals surface area (Å²) in [4.78, 5) is 7.08. The van der Waals surface area contributed by atoms with Crippen molar-refractivity contribution in [1.82, 2.24) is 9.88 Å². The topological polar surface area (TPSA) is 42.1 Å². The molecule has 112 valence electrons. The highest BCUT2D eigenvalue weighted by Crippen LogP contribution is 2.26. The Hall–Kier alpha value is -1.30. The van der Waals surface area contributed by atoms with Gasteiger partial charge in [-0.25, -0.2) is 9.37 Å². The second kappa shape index (κ2) is 6.22. The van der Waals surface area contributed by atoms with E-state index >= 15 is 0 Å². The van der Waals surface area contributed by atoms with E-state index < -0.39 is 0 Å². The molecule has 0 radical (unpaired) electrons. The van der Waals surface area contributed by atoms with Gasteiger partial charge in [-0.05, 0) is 50.1 Å². The molecule has 1 aliphatic heterocycles. The van der Waals surface area contributed by atoms with Crippen molar-refractivity contribution in [2.45, 2.75) is 25.9 Å². The summed E-state index contributed by atoms with van der Waals surface area (Å²) in [5, 5.41) is 3.05. The molecule has 0 aliphatic carbocycles. The van der Waals surface area contributed by atoms with E-state index in [1.165, 1.54) is 18.6 Å². The molecular formula is C16H20FN3S. The van der Waals surface area contributed by atoms with Crippen LogP contribution in [0, 0.1) is 11.7 Å². The van der Waals surface area contributed by atoms with Crippen LogP contribution in [0.3, 0.4) is 0 Å². The lowest BCUT2D eigenvalue weighted by Gasteiger charge is -2.16. The first-order valence-corrected chi connectivity index (χ1v) is 8.18. The lowest BCUT2D eigenvalue weighted by molar-refractivity contribution is 0.305. The Morgan fingerprint density at radius 2 is 2.19 bits per heavy atom. The lowest BCUT2D eigenvalue weighted by atomic mass is 10.0. The van der Waals surface area contributed by atoms with Gasteiger partial charge in [-0.2, -0.15) is 0 Å². The number of halogens is 1. The van der Waals surface area contributed by atoms with Gasteiger partial charge in [0.2, 0.25) is 0 Å². The van der Waals surface area contributed by atoms with Gasteiger partial charge in [-0.3, -0.25) is 4.90 Å². The third-order valence-corrected chi connectivity index (χ3v) is 5.02. The molecule has 1 aliphatic rings. The zero-order valence-electron chi connectivity index (χ0n) is 12.1. The number of benzene rings is 1. The molecule has 0 spiro atoms. The molecule has 21 heavy (non-hydrogen) atoms. The predicted molar refractivity (Wildman–Crippen MR) is 84.5 cm³/mol. The summed E-state index contributed by atoms with van der Waals surface area (Å²) in [6, 6.07) is 6.77. The van der Waals surface area contributed by atoms with Crippen LogP contribution in [0.1, 0.15) is 19.0 Å². The summed E-state index contributed by atoms with van der Waals surface area (Å²) >= 11 is 1.61. The summed E-state index contributed by atoms with van der Waals surface area (Å²) < 4.78 is 12.9. The minimum Gasteiger partial charge on any atom is -0.328 e. The molecule has 1 saturated heterocycles. The minimum absolute atomic E-state index is 0.213. The van der Waals surface area contributed by atoms with Crippen molar-refractivity contribution in [2.24, 2.45) is 11.7 Å². The minimum atomic E-state index is -0.213. The van der Waals surface area contributed by atoms with Gasteiger partial charge in [0.15, 0.2) is 0 Å². The molecule has 3 nitrogen and oxygen atoms in total. The second-order valence-corrected chi connectivity index (χ2v) is 6.65. The second-order valence-electron chi connectivity index (χ2n) is 5.79. The first-order chi connectivity index (χ1) is 10.1. The number of nitrogens with zero attached hydrogens (tertiary/aromatic N) is 2. The molecule has 2 atom stereocenters. The molecule has 2 N–H and O–H groups in total. The van der Waals surface area contributed by atoms with E-state index in [1.807, 2.05) is 0 Å². The first-order valence-electron chi connectivity index (χ1n) is 7.30. The number of nitrogens with two attached hydrogens (primary N) is 1. The number of thiazole rings is 1. The van der Waals surface area contributed by atoms with E-state index in [1.54, 1.807) is 23.5 Å². The number of likely N-dealkylation sites (tertiary alicyclic amines) is 1. The van der Waals surface area contributed by atoms with Gasteiger partial charge in [0.25, 0.3) is 0 Å². The summed E-state index contributed by atoms with van der Waals surface area (Å²) in [6.45, 7) is 5.11. The highest BCUT2D eigenvalue weighted by Gasteiger charge is 2.25. The van der Waals surface area contributed by atoms with Crippen LogP contribution in [0.4, 0.5) is 4.39 Å². The number of aromatic nitrogens is 1. The van der Waals surface area contributed by atoms with Crippen LogP contribution < -0.4 is 5.73 Å². The van der Waals surface area contributed by atoms with Crippen LogP contribution in [0.15, 0.2) is 29.6 Å². The Bertz CT molecular complexity index is 594. The van der Waals surface area contributed by atoms with Crippen molar-refractivity contribution in [3.8, 4) is 10.6 Å². The molecule has 1 aromatic heterocycles. The van der Waals surface area contributed by atoms with Crippen molar-refractivity contribution in [3.05, 3.63) is 41.2 Å². The molecule has 0 bridgehead atoms. The summed E-state index contributed by atoms with van der Waals surface area (Å²) in [5.74, 6) is 0.384. The zero-order chi connectivity index (χ0) is 14.8.